The predicted molar refractivity (Wildman–Crippen MR) is 104 cm³/mol. The first-order chi connectivity index (χ1) is 12.7. The number of thiophene rings is 2. The molecule has 0 unspecified atom stereocenters. The zero-order valence-corrected chi connectivity index (χ0v) is 16.2. The van der Waals surface area contributed by atoms with Gasteiger partial charge in [0.05, 0.1) is 16.7 Å². The molecule has 26 heavy (non-hydrogen) atoms. The van der Waals surface area contributed by atoms with Crippen molar-refractivity contribution in [1.82, 2.24) is 30.2 Å². The predicted octanol–water partition coefficient (Wildman–Crippen LogP) is 3.89. The molecule has 5 rings (SSSR count). The molecule has 4 aromatic rings. The molecular formula is C16H14N6OS3. The number of nitrogens with zero attached hydrogens (tertiary/aromatic N) is 5. The summed E-state index contributed by atoms with van der Waals surface area (Å²) in [6, 6.07) is 4.43. The van der Waals surface area contributed by atoms with Crippen LogP contribution in [0.4, 0.5) is 0 Å². The molecule has 0 aromatic carbocycles. The Morgan fingerprint density at radius 2 is 2.27 bits per heavy atom. The number of hydrogen-bond donors (Lipinski definition) is 1. The summed E-state index contributed by atoms with van der Waals surface area (Å²) in [5.74, 6) is 0.650. The van der Waals surface area contributed by atoms with Crippen molar-refractivity contribution in [1.29, 1.82) is 0 Å². The summed E-state index contributed by atoms with van der Waals surface area (Å²) in [5.41, 5.74) is 0.863. The van der Waals surface area contributed by atoms with Gasteiger partial charge >= 0.3 is 0 Å². The number of fused-ring (bicyclic) bond motifs is 1. The number of aromatic nitrogens is 6. The summed E-state index contributed by atoms with van der Waals surface area (Å²) in [7, 11) is 0. The second-order valence-electron chi connectivity index (χ2n) is 6.16. The van der Waals surface area contributed by atoms with Gasteiger partial charge in [-0.1, -0.05) is 17.8 Å². The van der Waals surface area contributed by atoms with E-state index in [0.717, 1.165) is 33.3 Å². The lowest BCUT2D eigenvalue weighted by molar-refractivity contribution is 0.564. The van der Waals surface area contributed by atoms with Crippen LogP contribution >= 0.6 is 34.4 Å². The van der Waals surface area contributed by atoms with Crippen LogP contribution in [0.15, 0.2) is 32.8 Å². The van der Waals surface area contributed by atoms with E-state index in [0.29, 0.717) is 17.3 Å². The number of thioether (sulfide) groups is 1. The lowest BCUT2D eigenvalue weighted by Crippen LogP contribution is -2.12. The molecule has 4 aromatic heterocycles. The molecule has 1 aliphatic carbocycles. The van der Waals surface area contributed by atoms with Crippen LogP contribution in [-0.2, 0) is 0 Å². The highest BCUT2D eigenvalue weighted by atomic mass is 32.2. The van der Waals surface area contributed by atoms with Crippen LogP contribution < -0.4 is 5.56 Å². The molecule has 0 aliphatic heterocycles. The number of nitrogens with one attached hydrogen (secondary N) is 1. The Morgan fingerprint density at radius 1 is 1.38 bits per heavy atom. The standard InChI is InChI=1S/C16H14N6OS3/c1-8(26-16-19-20-21-22(16)9-4-5-9)13-17-14(23)12-10(7-25-15(12)18-13)11-3-2-6-24-11/h2-3,6-9H,4-5H2,1H3,(H,17,18,23)/t8-/m1/s1. The van der Waals surface area contributed by atoms with Crippen LogP contribution in [0.1, 0.15) is 36.9 Å². The van der Waals surface area contributed by atoms with Gasteiger partial charge in [-0.05, 0) is 41.6 Å². The molecule has 4 heterocycles. The Morgan fingerprint density at radius 3 is 3.04 bits per heavy atom. The molecule has 132 valence electrons. The van der Waals surface area contributed by atoms with Crippen molar-refractivity contribution in [2.24, 2.45) is 0 Å². The van der Waals surface area contributed by atoms with Crippen molar-refractivity contribution >= 4 is 44.7 Å². The zero-order valence-electron chi connectivity index (χ0n) is 13.7. The molecule has 1 N–H and O–H groups in total. The zero-order chi connectivity index (χ0) is 17.7. The van der Waals surface area contributed by atoms with Crippen LogP contribution in [0, 0.1) is 0 Å². The van der Waals surface area contributed by atoms with Crippen molar-refractivity contribution in [3.8, 4) is 10.4 Å². The maximum absolute atomic E-state index is 12.7. The van der Waals surface area contributed by atoms with E-state index in [-0.39, 0.29) is 10.8 Å². The maximum atomic E-state index is 12.7. The molecule has 1 saturated carbocycles. The first-order valence-electron chi connectivity index (χ1n) is 8.20. The quantitative estimate of drug-likeness (QED) is 0.510. The maximum Gasteiger partial charge on any atom is 0.260 e. The molecule has 0 spiro atoms. The highest BCUT2D eigenvalue weighted by Gasteiger charge is 2.29. The monoisotopic (exact) mass is 402 g/mol. The second-order valence-corrected chi connectivity index (χ2v) is 9.27. The molecule has 0 bridgehead atoms. The van der Waals surface area contributed by atoms with E-state index in [1.165, 1.54) is 23.1 Å². The van der Waals surface area contributed by atoms with Gasteiger partial charge in [-0.2, -0.15) is 0 Å². The van der Waals surface area contributed by atoms with Gasteiger partial charge < -0.3 is 4.98 Å². The van der Waals surface area contributed by atoms with Crippen LogP contribution in [0.25, 0.3) is 20.7 Å². The third kappa shape index (κ3) is 2.78. The highest BCUT2D eigenvalue weighted by Crippen LogP contribution is 2.40. The van der Waals surface area contributed by atoms with Gasteiger partial charge in [0.15, 0.2) is 0 Å². The van der Waals surface area contributed by atoms with E-state index in [1.54, 1.807) is 11.3 Å². The Bertz CT molecular complexity index is 1120. The normalized spacial score (nSPS) is 15.6. The highest BCUT2D eigenvalue weighted by molar-refractivity contribution is 7.99. The van der Waals surface area contributed by atoms with Gasteiger partial charge in [-0.25, -0.2) is 9.67 Å². The average molecular weight is 403 g/mol. The molecule has 10 heteroatoms. The molecule has 0 radical (unpaired) electrons. The van der Waals surface area contributed by atoms with Gasteiger partial charge in [-0.3, -0.25) is 4.79 Å². The van der Waals surface area contributed by atoms with Crippen molar-refractivity contribution in [3.63, 3.8) is 0 Å². The first-order valence-corrected chi connectivity index (χ1v) is 10.8. The molecular weight excluding hydrogens is 388 g/mol. The lowest BCUT2D eigenvalue weighted by atomic mass is 10.2. The second kappa shape index (κ2) is 6.29. The summed E-state index contributed by atoms with van der Waals surface area (Å²) in [5, 5.41) is 17.4. The van der Waals surface area contributed by atoms with Crippen LogP contribution in [0.3, 0.4) is 0 Å². The van der Waals surface area contributed by atoms with Gasteiger partial charge in [0.1, 0.15) is 10.7 Å². The SMILES string of the molecule is C[C@@H](Sc1nnnn1C1CC1)c1nc2scc(-c3cccs3)c2c(=O)[nH]1. The Labute approximate surface area is 160 Å². The van der Waals surface area contributed by atoms with E-state index in [4.69, 9.17) is 4.98 Å². The van der Waals surface area contributed by atoms with E-state index in [2.05, 4.69) is 20.5 Å². The van der Waals surface area contributed by atoms with Gasteiger partial charge in [0.25, 0.3) is 5.56 Å². The van der Waals surface area contributed by atoms with Crippen molar-refractivity contribution in [2.75, 3.05) is 0 Å². The summed E-state index contributed by atoms with van der Waals surface area (Å²) in [6.07, 6.45) is 2.24. The van der Waals surface area contributed by atoms with E-state index < -0.39 is 0 Å². The van der Waals surface area contributed by atoms with Crippen molar-refractivity contribution in [2.45, 2.75) is 36.2 Å². The Hall–Kier alpha value is -2.04. The average Bonchev–Trinajstić information content (AvgIpc) is 3.06. The first kappa shape index (κ1) is 16.2. The fourth-order valence-corrected chi connectivity index (χ4v) is 5.48. The minimum absolute atomic E-state index is 0.0529. The van der Waals surface area contributed by atoms with Crippen LogP contribution in [0.5, 0.6) is 0 Å². The minimum atomic E-state index is -0.0936. The Kier molecular flexibility index (Phi) is 3.91. The summed E-state index contributed by atoms with van der Waals surface area (Å²) in [4.78, 5) is 22.2. The molecule has 1 atom stereocenters. The van der Waals surface area contributed by atoms with E-state index >= 15 is 0 Å². The van der Waals surface area contributed by atoms with Crippen LogP contribution in [0.2, 0.25) is 0 Å². The summed E-state index contributed by atoms with van der Waals surface area (Å²) >= 11 is 4.65. The van der Waals surface area contributed by atoms with Gasteiger partial charge in [0, 0.05) is 15.8 Å². The molecule has 0 saturated heterocycles. The van der Waals surface area contributed by atoms with E-state index in [9.17, 15) is 4.79 Å². The lowest BCUT2D eigenvalue weighted by Gasteiger charge is -2.10. The van der Waals surface area contributed by atoms with E-state index in [1.807, 2.05) is 34.5 Å². The fraction of sp³-hybridized carbons (Fsp3) is 0.312. The molecule has 7 nitrogen and oxygen atoms in total. The number of tetrazole rings is 1. The van der Waals surface area contributed by atoms with Crippen molar-refractivity contribution in [3.05, 3.63) is 39.1 Å². The molecule has 0 amide bonds. The molecule has 1 fully saturated rings. The Balaban J connectivity index is 1.49. The van der Waals surface area contributed by atoms with Gasteiger partial charge in [-0.15, -0.1) is 27.8 Å². The fourth-order valence-electron chi connectivity index (χ4n) is 2.80. The van der Waals surface area contributed by atoms with Crippen molar-refractivity contribution < 1.29 is 0 Å². The number of H-pyrrole nitrogens is 1. The summed E-state index contributed by atoms with van der Waals surface area (Å²) in [6.45, 7) is 2.01. The molecule has 1 aliphatic rings. The third-order valence-electron chi connectivity index (χ3n) is 4.27. The minimum Gasteiger partial charge on any atom is -0.309 e. The number of hydrogen-bond acceptors (Lipinski definition) is 8. The summed E-state index contributed by atoms with van der Waals surface area (Å²) < 4.78 is 1.87. The van der Waals surface area contributed by atoms with Crippen LogP contribution in [-0.4, -0.2) is 30.2 Å². The largest absolute Gasteiger partial charge is 0.309 e. The number of aromatic amines is 1. The smallest absolute Gasteiger partial charge is 0.260 e. The number of rotatable bonds is 5. The topological polar surface area (TPSA) is 89.3 Å². The van der Waals surface area contributed by atoms with Gasteiger partial charge in [0.2, 0.25) is 5.16 Å². The third-order valence-corrected chi connectivity index (χ3v) is 7.10.